The van der Waals surface area contributed by atoms with Gasteiger partial charge in [0.2, 0.25) is 0 Å². The van der Waals surface area contributed by atoms with Crippen LogP contribution in [0.25, 0.3) is 11.2 Å². The summed E-state index contributed by atoms with van der Waals surface area (Å²) in [5.74, 6) is 15.3. The number of nitrogen functional groups attached to an aromatic ring is 1. The normalized spacial score (nSPS) is 12.8. The van der Waals surface area contributed by atoms with Crippen molar-refractivity contribution in [2.24, 2.45) is 17.6 Å². The molecule has 0 saturated heterocycles. The van der Waals surface area contributed by atoms with Crippen molar-refractivity contribution in [1.82, 2.24) is 19.9 Å². The molecule has 14 heteroatoms. The SMILES string of the molecule is CC(O)C(O)c1nc2nc(N(N)N)nc(ON)c2nc1N.Cl.Cl. The van der Waals surface area contributed by atoms with Crippen LogP contribution < -0.4 is 33.3 Å². The Balaban J connectivity index is 0.00000242. The Labute approximate surface area is 142 Å². The number of aromatic nitrogens is 4. The van der Waals surface area contributed by atoms with Gasteiger partial charge in [0.25, 0.3) is 11.8 Å². The van der Waals surface area contributed by atoms with E-state index in [4.69, 9.17) is 23.3 Å². The molecule has 0 aliphatic carbocycles. The van der Waals surface area contributed by atoms with Crippen LogP contribution >= 0.6 is 24.8 Å². The van der Waals surface area contributed by atoms with Crippen LogP contribution in [-0.4, -0.2) is 36.3 Å². The largest absolute Gasteiger partial charge is 0.390 e. The zero-order chi connectivity index (χ0) is 15.7. The number of anilines is 2. The zero-order valence-corrected chi connectivity index (χ0v) is 13.5. The van der Waals surface area contributed by atoms with E-state index in [1.165, 1.54) is 6.92 Å². The fraction of sp³-hybridized carbons (Fsp3) is 0.333. The quantitative estimate of drug-likeness (QED) is 0.257. The molecule has 130 valence electrons. The van der Waals surface area contributed by atoms with Crippen LogP contribution in [0.1, 0.15) is 18.7 Å². The molecule has 0 aliphatic rings. The lowest BCUT2D eigenvalue weighted by atomic mass is 10.1. The van der Waals surface area contributed by atoms with E-state index in [1.54, 1.807) is 0 Å². The number of aliphatic hydroxyl groups excluding tert-OH is 2. The lowest BCUT2D eigenvalue weighted by Crippen LogP contribution is -2.39. The summed E-state index contributed by atoms with van der Waals surface area (Å²) in [6.45, 7) is 1.37. The highest BCUT2D eigenvalue weighted by Crippen LogP contribution is 2.26. The van der Waals surface area contributed by atoms with Crippen molar-refractivity contribution in [1.29, 1.82) is 0 Å². The summed E-state index contributed by atoms with van der Waals surface area (Å²) in [4.78, 5) is 20.3. The van der Waals surface area contributed by atoms with Crippen molar-refractivity contribution in [2.45, 2.75) is 19.1 Å². The van der Waals surface area contributed by atoms with Crippen molar-refractivity contribution in [3.63, 3.8) is 0 Å². The van der Waals surface area contributed by atoms with Gasteiger partial charge in [-0.2, -0.15) is 15.9 Å². The number of hydrogen-bond donors (Lipinski definition) is 6. The first-order valence-electron chi connectivity index (χ1n) is 5.72. The molecule has 0 saturated carbocycles. The number of hydrazine groups is 2. The molecule has 0 radical (unpaired) electrons. The summed E-state index contributed by atoms with van der Waals surface area (Å²) < 4.78 is 0. The van der Waals surface area contributed by atoms with Crippen molar-refractivity contribution in [2.75, 3.05) is 10.9 Å². The molecule has 0 amide bonds. The number of halogens is 2. The maximum absolute atomic E-state index is 9.85. The minimum atomic E-state index is -1.34. The van der Waals surface area contributed by atoms with Gasteiger partial charge in [-0.15, -0.1) is 24.8 Å². The van der Waals surface area contributed by atoms with Crippen molar-refractivity contribution in [3.05, 3.63) is 5.69 Å². The fourth-order valence-electron chi connectivity index (χ4n) is 1.58. The van der Waals surface area contributed by atoms with Gasteiger partial charge in [-0.25, -0.2) is 26.8 Å². The van der Waals surface area contributed by atoms with Crippen LogP contribution in [0.3, 0.4) is 0 Å². The maximum atomic E-state index is 9.85. The van der Waals surface area contributed by atoms with Gasteiger partial charge in [-0.05, 0) is 6.92 Å². The minimum absolute atomic E-state index is 0. The van der Waals surface area contributed by atoms with Crippen molar-refractivity contribution in [3.8, 4) is 5.88 Å². The van der Waals surface area contributed by atoms with E-state index < -0.39 is 12.2 Å². The van der Waals surface area contributed by atoms with Gasteiger partial charge in [-0.3, -0.25) is 0 Å². The smallest absolute Gasteiger partial charge is 0.270 e. The van der Waals surface area contributed by atoms with E-state index in [0.29, 0.717) is 5.12 Å². The lowest BCUT2D eigenvalue weighted by molar-refractivity contribution is 0.0283. The summed E-state index contributed by atoms with van der Waals surface area (Å²) in [5.41, 5.74) is 5.69. The number of hydrogen-bond acceptors (Lipinski definition) is 12. The van der Waals surface area contributed by atoms with E-state index in [0.717, 1.165) is 0 Å². The lowest BCUT2D eigenvalue weighted by Gasteiger charge is -2.16. The highest BCUT2D eigenvalue weighted by molar-refractivity contribution is 5.85. The molecule has 2 atom stereocenters. The molecule has 2 unspecified atom stereocenters. The van der Waals surface area contributed by atoms with Crippen LogP contribution in [0, 0.1) is 0 Å². The maximum Gasteiger partial charge on any atom is 0.270 e. The van der Waals surface area contributed by atoms with Crippen molar-refractivity contribution < 1.29 is 15.1 Å². The Hall–Kier alpha value is -1.80. The second kappa shape index (κ2) is 8.16. The van der Waals surface area contributed by atoms with Gasteiger partial charge in [0.1, 0.15) is 17.6 Å². The fourth-order valence-corrected chi connectivity index (χ4v) is 1.58. The Morgan fingerprint density at radius 3 is 2.17 bits per heavy atom. The average molecular weight is 370 g/mol. The van der Waals surface area contributed by atoms with E-state index in [9.17, 15) is 10.2 Å². The minimum Gasteiger partial charge on any atom is -0.390 e. The monoisotopic (exact) mass is 369 g/mol. The predicted molar refractivity (Wildman–Crippen MR) is 86.3 cm³/mol. The molecule has 2 heterocycles. The summed E-state index contributed by atoms with van der Waals surface area (Å²) in [6.07, 6.45) is -2.44. The summed E-state index contributed by atoms with van der Waals surface area (Å²) in [7, 11) is 0. The third-order valence-corrected chi connectivity index (χ3v) is 2.62. The Morgan fingerprint density at radius 2 is 1.70 bits per heavy atom. The molecule has 2 aromatic rings. The third-order valence-electron chi connectivity index (χ3n) is 2.62. The topological polar surface area (TPSA) is 209 Å². The van der Waals surface area contributed by atoms with Crippen LogP contribution in [-0.2, 0) is 0 Å². The average Bonchev–Trinajstić information content (AvgIpc) is 2.44. The highest BCUT2D eigenvalue weighted by atomic mass is 35.5. The van der Waals surface area contributed by atoms with E-state index >= 15 is 0 Å². The second-order valence-electron chi connectivity index (χ2n) is 4.21. The third kappa shape index (κ3) is 4.14. The van der Waals surface area contributed by atoms with Gasteiger partial charge in [0, 0.05) is 0 Å². The molecule has 2 rings (SSSR count). The molecule has 2 aromatic heterocycles. The van der Waals surface area contributed by atoms with Crippen molar-refractivity contribution >= 4 is 47.7 Å². The van der Waals surface area contributed by atoms with Crippen LogP contribution in [0.4, 0.5) is 11.8 Å². The Kier molecular flexibility index (Phi) is 7.53. The summed E-state index contributed by atoms with van der Waals surface area (Å²) in [6, 6.07) is 0. The standard InChI is InChI=1S/C9H15N9O3.2ClH/c1-2(19)5(20)3-6(10)14-4-7(15-3)16-9(18(11)12)17-8(4)21-13;;/h2,5,19-20H,11-13H2,1H3,(H2,10,14);2*1H. The second-order valence-corrected chi connectivity index (χ2v) is 4.21. The number of nitrogens with zero attached hydrogens (tertiary/aromatic N) is 5. The molecule has 0 aromatic carbocycles. The Morgan fingerprint density at radius 1 is 1.09 bits per heavy atom. The molecule has 10 N–H and O–H groups in total. The summed E-state index contributed by atoms with van der Waals surface area (Å²) >= 11 is 0. The molecule has 0 spiro atoms. The van der Waals surface area contributed by atoms with Gasteiger partial charge < -0.3 is 20.8 Å². The molecular weight excluding hydrogens is 353 g/mol. The molecular formula is C9H17Cl2N9O3. The van der Waals surface area contributed by atoms with Gasteiger partial charge in [0.15, 0.2) is 11.2 Å². The first-order chi connectivity index (χ1) is 9.85. The number of rotatable bonds is 4. The summed E-state index contributed by atoms with van der Waals surface area (Å²) in [5, 5.41) is 19.9. The zero-order valence-electron chi connectivity index (χ0n) is 11.8. The number of fused-ring (bicyclic) bond motifs is 1. The number of nitrogens with two attached hydrogens (primary N) is 4. The van der Waals surface area contributed by atoms with E-state index in [2.05, 4.69) is 24.8 Å². The number of aliphatic hydroxyl groups is 2. The first kappa shape index (κ1) is 21.2. The van der Waals surface area contributed by atoms with Gasteiger partial charge >= 0.3 is 0 Å². The van der Waals surface area contributed by atoms with Crippen LogP contribution in [0.2, 0.25) is 0 Å². The Bertz CT molecular complexity index is 672. The molecule has 12 nitrogen and oxygen atoms in total. The molecule has 23 heavy (non-hydrogen) atoms. The molecule has 0 aliphatic heterocycles. The van der Waals surface area contributed by atoms with E-state index in [1.807, 2.05) is 0 Å². The van der Waals surface area contributed by atoms with Crippen LogP contribution in [0.15, 0.2) is 0 Å². The highest BCUT2D eigenvalue weighted by Gasteiger charge is 2.22. The van der Waals surface area contributed by atoms with Gasteiger partial charge in [0.05, 0.1) is 6.10 Å². The predicted octanol–water partition coefficient (Wildman–Crippen LogP) is -1.93. The van der Waals surface area contributed by atoms with Crippen LogP contribution in [0.5, 0.6) is 5.88 Å². The molecule has 0 bridgehead atoms. The van der Waals surface area contributed by atoms with Gasteiger partial charge in [-0.1, -0.05) is 0 Å². The first-order valence-corrected chi connectivity index (χ1v) is 5.72. The van der Waals surface area contributed by atoms with E-state index in [-0.39, 0.29) is 59.3 Å². The molecule has 0 fully saturated rings.